The predicted molar refractivity (Wildman–Crippen MR) is 40.2 cm³/mol. The lowest BCUT2D eigenvalue weighted by Crippen LogP contribution is -2.06. The highest BCUT2D eigenvalue weighted by atomic mass is 79.9. The van der Waals surface area contributed by atoms with Gasteiger partial charge in [-0.2, -0.15) is 25.3 Å². The number of alkyl halides is 1. The summed E-state index contributed by atoms with van der Waals surface area (Å²) in [7, 11) is 0. The van der Waals surface area contributed by atoms with Crippen molar-refractivity contribution in [2.24, 2.45) is 0 Å². The first-order valence-electron chi connectivity index (χ1n) is 1.57. The molecule has 0 spiro atoms. The van der Waals surface area contributed by atoms with Crippen LogP contribution in [0, 0.1) is 0 Å². The molecule has 38 valence electrons. The molecular formula is C3H7BrS2. The van der Waals surface area contributed by atoms with Crippen LogP contribution in [0.1, 0.15) is 6.92 Å². The molecule has 0 aliphatic heterocycles. The van der Waals surface area contributed by atoms with Crippen LogP contribution >= 0.6 is 41.2 Å². The predicted octanol–water partition coefficient (Wildman–Crippen LogP) is 1.96. The van der Waals surface area contributed by atoms with Gasteiger partial charge < -0.3 is 0 Å². The fraction of sp³-hybridized carbons (Fsp3) is 1.00. The van der Waals surface area contributed by atoms with Crippen LogP contribution in [0.3, 0.4) is 0 Å². The Kier molecular flexibility index (Phi) is 2.97. The van der Waals surface area contributed by atoms with E-state index in [-0.39, 0.29) is 4.08 Å². The molecular weight excluding hydrogens is 180 g/mol. The third kappa shape index (κ3) is 5.18. The highest BCUT2D eigenvalue weighted by molar-refractivity contribution is 9.09. The molecule has 0 rings (SSSR count). The highest BCUT2D eigenvalue weighted by Crippen LogP contribution is 2.19. The highest BCUT2D eigenvalue weighted by Gasteiger charge is 2.07. The van der Waals surface area contributed by atoms with E-state index in [1.54, 1.807) is 0 Å². The summed E-state index contributed by atoms with van der Waals surface area (Å²) in [5, 5.41) is 0.812. The fourth-order valence-corrected chi connectivity index (χ4v) is 0. The van der Waals surface area contributed by atoms with E-state index >= 15 is 0 Å². The van der Waals surface area contributed by atoms with E-state index in [1.165, 1.54) is 0 Å². The van der Waals surface area contributed by atoms with Gasteiger partial charge in [0.2, 0.25) is 0 Å². The summed E-state index contributed by atoms with van der Waals surface area (Å²) in [4.78, 5) is 0. The summed E-state index contributed by atoms with van der Waals surface area (Å²) < 4.78 is -0.153. The Morgan fingerprint density at radius 3 is 1.83 bits per heavy atom. The van der Waals surface area contributed by atoms with Crippen LogP contribution in [0.25, 0.3) is 0 Å². The maximum absolute atomic E-state index is 4.07. The lowest BCUT2D eigenvalue weighted by Gasteiger charge is -2.08. The molecule has 0 bridgehead atoms. The molecule has 0 heterocycles. The number of hydrogen-bond donors (Lipinski definition) is 2. The van der Waals surface area contributed by atoms with Crippen LogP contribution in [0.4, 0.5) is 0 Å². The van der Waals surface area contributed by atoms with Gasteiger partial charge in [0.1, 0.15) is 0 Å². The Morgan fingerprint density at radius 2 is 1.83 bits per heavy atom. The van der Waals surface area contributed by atoms with Crippen molar-refractivity contribution < 1.29 is 0 Å². The Balaban J connectivity index is 3.17. The Labute approximate surface area is 57.6 Å². The van der Waals surface area contributed by atoms with Gasteiger partial charge in [0.15, 0.2) is 0 Å². The Bertz CT molecular complexity index is 38.5. The average molecular weight is 187 g/mol. The molecule has 0 nitrogen and oxygen atoms in total. The van der Waals surface area contributed by atoms with Gasteiger partial charge in [-0.3, -0.25) is 0 Å². The zero-order valence-electron chi connectivity index (χ0n) is 3.48. The summed E-state index contributed by atoms with van der Waals surface area (Å²) in [5.74, 6) is 0. The first kappa shape index (κ1) is 7.18. The number of halogens is 1. The van der Waals surface area contributed by atoms with E-state index in [0.29, 0.717) is 0 Å². The van der Waals surface area contributed by atoms with E-state index in [0.717, 1.165) is 5.33 Å². The van der Waals surface area contributed by atoms with Crippen molar-refractivity contribution in [3.05, 3.63) is 0 Å². The molecule has 0 atom stereocenters. The standard InChI is InChI=1S/C3H7BrS2/c1-3(5,6)2-4/h5-6H,2H2,1H3. The molecule has 0 aliphatic carbocycles. The molecule has 0 fully saturated rings. The van der Waals surface area contributed by atoms with Gasteiger partial charge in [-0.25, -0.2) is 0 Å². The van der Waals surface area contributed by atoms with Gasteiger partial charge in [-0.05, 0) is 6.92 Å². The lowest BCUT2D eigenvalue weighted by atomic mass is 10.5. The van der Waals surface area contributed by atoms with E-state index < -0.39 is 0 Å². The van der Waals surface area contributed by atoms with E-state index in [2.05, 4.69) is 41.2 Å². The molecule has 0 aromatic carbocycles. The molecule has 0 aliphatic rings. The van der Waals surface area contributed by atoms with Crippen LogP contribution < -0.4 is 0 Å². The van der Waals surface area contributed by atoms with Gasteiger partial charge in [0.05, 0.1) is 4.08 Å². The second-order valence-corrected chi connectivity index (χ2v) is 4.24. The smallest absolute Gasteiger partial charge is 0.0620 e. The van der Waals surface area contributed by atoms with E-state index in [1.807, 2.05) is 6.92 Å². The summed E-state index contributed by atoms with van der Waals surface area (Å²) in [6.07, 6.45) is 0. The lowest BCUT2D eigenvalue weighted by molar-refractivity contribution is 1.08. The Morgan fingerprint density at radius 1 is 1.67 bits per heavy atom. The minimum atomic E-state index is -0.153. The van der Waals surface area contributed by atoms with Crippen molar-refractivity contribution in [1.82, 2.24) is 0 Å². The summed E-state index contributed by atoms with van der Waals surface area (Å²) in [5.41, 5.74) is 0. The van der Waals surface area contributed by atoms with Crippen molar-refractivity contribution in [2.75, 3.05) is 5.33 Å². The fourth-order valence-electron chi connectivity index (χ4n) is 0. The van der Waals surface area contributed by atoms with E-state index in [4.69, 9.17) is 0 Å². The molecule has 0 saturated heterocycles. The van der Waals surface area contributed by atoms with Gasteiger partial charge in [0.25, 0.3) is 0 Å². The maximum atomic E-state index is 4.07. The van der Waals surface area contributed by atoms with Gasteiger partial charge in [-0.1, -0.05) is 15.9 Å². The maximum Gasteiger partial charge on any atom is 0.0620 e. The minimum Gasteiger partial charge on any atom is -0.161 e. The molecule has 0 unspecified atom stereocenters. The zero-order valence-corrected chi connectivity index (χ0v) is 6.85. The van der Waals surface area contributed by atoms with Crippen molar-refractivity contribution >= 4 is 41.2 Å². The zero-order chi connectivity index (χ0) is 5.21. The van der Waals surface area contributed by atoms with Crippen LogP contribution in [0.2, 0.25) is 0 Å². The second kappa shape index (κ2) is 2.48. The van der Waals surface area contributed by atoms with Gasteiger partial charge in [-0.15, -0.1) is 0 Å². The molecule has 6 heavy (non-hydrogen) atoms. The molecule has 0 saturated carbocycles. The third-order valence-electron chi connectivity index (χ3n) is 0.253. The first-order chi connectivity index (χ1) is 2.56. The van der Waals surface area contributed by atoms with Crippen molar-refractivity contribution in [1.29, 1.82) is 0 Å². The minimum absolute atomic E-state index is 0.153. The van der Waals surface area contributed by atoms with Gasteiger partial charge in [0, 0.05) is 5.33 Å². The monoisotopic (exact) mass is 186 g/mol. The molecule has 3 heteroatoms. The summed E-state index contributed by atoms with van der Waals surface area (Å²) in [6, 6.07) is 0. The number of hydrogen-bond acceptors (Lipinski definition) is 2. The normalized spacial score (nSPS) is 12.0. The van der Waals surface area contributed by atoms with Crippen molar-refractivity contribution in [3.8, 4) is 0 Å². The SMILES string of the molecule is CC(S)(S)CBr. The molecule has 0 aromatic heterocycles. The topological polar surface area (TPSA) is 0 Å². The first-order valence-corrected chi connectivity index (χ1v) is 3.58. The quantitative estimate of drug-likeness (QED) is 0.350. The van der Waals surface area contributed by atoms with E-state index in [9.17, 15) is 0 Å². The summed E-state index contributed by atoms with van der Waals surface area (Å²) in [6.45, 7) is 1.92. The second-order valence-electron chi connectivity index (χ2n) is 1.35. The molecule has 0 aromatic rings. The van der Waals surface area contributed by atoms with Crippen LogP contribution in [-0.4, -0.2) is 9.41 Å². The van der Waals surface area contributed by atoms with Crippen LogP contribution in [0.5, 0.6) is 0 Å². The van der Waals surface area contributed by atoms with Crippen LogP contribution in [-0.2, 0) is 0 Å². The van der Waals surface area contributed by atoms with Gasteiger partial charge >= 0.3 is 0 Å². The average Bonchev–Trinajstić information content (AvgIpc) is 1.35. The Hall–Kier alpha value is 1.18. The number of rotatable bonds is 1. The third-order valence-corrected chi connectivity index (χ3v) is 2.56. The molecule has 0 radical (unpaired) electrons. The summed E-state index contributed by atoms with van der Waals surface area (Å²) >= 11 is 11.4. The van der Waals surface area contributed by atoms with Crippen LogP contribution in [0.15, 0.2) is 0 Å². The molecule has 0 amide bonds. The van der Waals surface area contributed by atoms with Crippen molar-refractivity contribution in [2.45, 2.75) is 11.0 Å². The van der Waals surface area contributed by atoms with Crippen molar-refractivity contribution in [3.63, 3.8) is 0 Å². The largest absolute Gasteiger partial charge is 0.161 e. The number of thiol groups is 2. The molecule has 0 N–H and O–H groups in total.